The van der Waals surface area contributed by atoms with E-state index in [2.05, 4.69) is 4.98 Å². The number of rotatable bonds is 0. The molecule has 15 heavy (non-hydrogen) atoms. The van der Waals surface area contributed by atoms with Crippen LogP contribution in [0.15, 0.2) is 15.4 Å². The van der Waals surface area contributed by atoms with Gasteiger partial charge >= 0.3 is 5.63 Å². The standard InChI is InChI=1S/C10H10N2O3/c1-5-4-6(2)11-9-8(5)10(14)15-12(9)7(3)13/h4H,1-3H3. The number of carbonyl (C=O) groups is 1. The van der Waals surface area contributed by atoms with Crippen molar-refractivity contribution in [1.82, 2.24) is 9.72 Å². The molecule has 0 aromatic carbocycles. The van der Waals surface area contributed by atoms with Crippen LogP contribution in [0.5, 0.6) is 0 Å². The second-order valence-electron chi connectivity index (χ2n) is 3.47. The molecule has 0 aliphatic heterocycles. The monoisotopic (exact) mass is 206 g/mol. The van der Waals surface area contributed by atoms with Crippen molar-refractivity contribution >= 4 is 16.9 Å². The van der Waals surface area contributed by atoms with Gasteiger partial charge in [-0.1, -0.05) is 0 Å². The van der Waals surface area contributed by atoms with Gasteiger partial charge in [0.05, 0.1) is 0 Å². The van der Waals surface area contributed by atoms with Crippen LogP contribution in [-0.4, -0.2) is 15.6 Å². The Hall–Kier alpha value is -1.91. The topological polar surface area (TPSA) is 65.1 Å². The van der Waals surface area contributed by atoms with Crippen LogP contribution in [0.3, 0.4) is 0 Å². The lowest BCUT2D eigenvalue weighted by Gasteiger charge is -1.98. The molecular formula is C10H10N2O3. The van der Waals surface area contributed by atoms with Crippen LogP contribution in [0.25, 0.3) is 11.0 Å². The molecule has 0 aliphatic carbocycles. The molecule has 0 fully saturated rings. The molecule has 2 aromatic rings. The third kappa shape index (κ3) is 1.36. The first-order valence-corrected chi connectivity index (χ1v) is 4.52. The summed E-state index contributed by atoms with van der Waals surface area (Å²) in [7, 11) is 0. The van der Waals surface area contributed by atoms with Crippen molar-refractivity contribution in [1.29, 1.82) is 0 Å². The molecular weight excluding hydrogens is 196 g/mol. The van der Waals surface area contributed by atoms with E-state index in [1.807, 2.05) is 0 Å². The number of fused-ring (bicyclic) bond motifs is 1. The summed E-state index contributed by atoms with van der Waals surface area (Å²) in [6, 6.07) is 1.78. The molecule has 2 aromatic heterocycles. The third-order valence-corrected chi connectivity index (χ3v) is 2.18. The van der Waals surface area contributed by atoms with Gasteiger partial charge in [-0.15, -0.1) is 4.74 Å². The van der Waals surface area contributed by atoms with E-state index in [0.717, 1.165) is 16.0 Å². The molecule has 5 nitrogen and oxygen atoms in total. The van der Waals surface area contributed by atoms with Crippen LogP contribution in [-0.2, 0) is 0 Å². The maximum Gasteiger partial charge on any atom is 0.367 e. The summed E-state index contributed by atoms with van der Waals surface area (Å²) in [6.07, 6.45) is 0. The van der Waals surface area contributed by atoms with E-state index in [-0.39, 0.29) is 5.91 Å². The molecule has 0 bridgehead atoms. The maximum atomic E-state index is 11.5. The Morgan fingerprint density at radius 1 is 1.47 bits per heavy atom. The fourth-order valence-electron chi connectivity index (χ4n) is 1.60. The second kappa shape index (κ2) is 3.05. The largest absolute Gasteiger partial charge is 0.367 e. The van der Waals surface area contributed by atoms with E-state index in [1.54, 1.807) is 19.9 Å². The summed E-state index contributed by atoms with van der Waals surface area (Å²) in [5, 5.41) is 0.371. The summed E-state index contributed by atoms with van der Waals surface area (Å²) in [5.74, 6) is -0.361. The third-order valence-electron chi connectivity index (χ3n) is 2.18. The number of carbonyl (C=O) groups excluding carboxylic acids is 1. The smallest absolute Gasteiger partial charge is 0.326 e. The molecule has 5 heteroatoms. The van der Waals surface area contributed by atoms with Crippen molar-refractivity contribution in [2.24, 2.45) is 0 Å². The zero-order valence-electron chi connectivity index (χ0n) is 8.70. The summed E-state index contributed by atoms with van der Waals surface area (Å²) in [6.45, 7) is 4.91. The average Bonchev–Trinajstić information content (AvgIpc) is 2.42. The molecule has 0 aliphatic rings. The minimum atomic E-state index is -0.523. The molecule has 0 amide bonds. The van der Waals surface area contributed by atoms with Crippen molar-refractivity contribution in [3.05, 3.63) is 27.7 Å². The van der Waals surface area contributed by atoms with Crippen molar-refractivity contribution in [3.8, 4) is 0 Å². The number of aryl methyl sites for hydroxylation is 2. The Kier molecular flexibility index (Phi) is 1.96. The summed E-state index contributed by atoms with van der Waals surface area (Å²) >= 11 is 0. The van der Waals surface area contributed by atoms with Crippen LogP contribution in [0.2, 0.25) is 0 Å². The fourth-order valence-corrected chi connectivity index (χ4v) is 1.60. The maximum absolute atomic E-state index is 11.5. The number of aromatic nitrogens is 2. The average molecular weight is 206 g/mol. The number of pyridine rings is 1. The first-order valence-electron chi connectivity index (χ1n) is 4.52. The van der Waals surface area contributed by atoms with Crippen LogP contribution in [0, 0.1) is 13.8 Å². The molecule has 0 N–H and O–H groups in total. The lowest BCUT2D eigenvalue weighted by molar-refractivity contribution is 0.0823. The molecule has 0 spiro atoms. The molecule has 0 radical (unpaired) electrons. The fraction of sp³-hybridized carbons (Fsp3) is 0.300. The van der Waals surface area contributed by atoms with Crippen LogP contribution >= 0.6 is 0 Å². The van der Waals surface area contributed by atoms with E-state index in [9.17, 15) is 9.59 Å². The molecule has 0 saturated heterocycles. The summed E-state index contributed by atoms with van der Waals surface area (Å²) in [5.41, 5.74) is 1.29. The summed E-state index contributed by atoms with van der Waals surface area (Å²) < 4.78 is 5.74. The second-order valence-corrected chi connectivity index (χ2v) is 3.47. The zero-order valence-corrected chi connectivity index (χ0v) is 8.70. The van der Waals surface area contributed by atoms with Gasteiger partial charge in [0.2, 0.25) is 0 Å². The zero-order chi connectivity index (χ0) is 11.2. The van der Waals surface area contributed by atoms with E-state index in [0.29, 0.717) is 11.0 Å². The molecule has 2 heterocycles. The number of nitrogens with zero attached hydrogens (tertiary/aromatic N) is 2. The van der Waals surface area contributed by atoms with Gasteiger partial charge in [-0.3, -0.25) is 4.79 Å². The highest BCUT2D eigenvalue weighted by Gasteiger charge is 2.15. The van der Waals surface area contributed by atoms with Crippen LogP contribution in [0.4, 0.5) is 0 Å². The van der Waals surface area contributed by atoms with Gasteiger partial charge in [0, 0.05) is 12.6 Å². The van der Waals surface area contributed by atoms with E-state index < -0.39 is 5.63 Å². The van der Waals surface area contributed by atoms with Crippen molar-refractivity contribution in [2.75, 3.05) is 0 Å². The van der Waals surface area contributed by atoms with Gasteiger partial charge in [-0.2, -0.15) is 0 Å². The van der Waals surface area contributed by atoms with Gasteiger partial charge in [-0.05, 0) is 25.5 Å². The Labute approximate surface area is 85.3 Å². The molecule has 2 rings (SSSR count). The van der Waals surface area contributed by atoms with E-state index >= 15 is 0 Å². The van der Waals surface area contributed by atoms with Gasteiger partial charge < -0.3 is 4.52 Å². The Balaban J connectivity index is 3.00. The van der Waals surface area contributed by atoms with Gasteiger partial charge in [0.25, 0.3) is 5.91 Å². The highest BCUT2D eigenvalue weighted by atomic mass is 16.5. The highest BCUT2D eigenvalue weighted by Crippen LogP contribution is 2.14. The molecule has 0 unspecified atom stereocenters. The van der Waals surface area contributed by atoms with Crippen molar-refractivity contribution < 1.29 is 9.32 Å². The lowest BCUT2D eigenvalue weighted by Crippen LogP contribution is -2.05. The highest BCUT2D eigenvalue weighted by molar-refractivity contribution is 5.87. The van der Waals surface area contributed by atoms with E-state index in [1.165, 1.54) is 6.92 Å². The number of hydrogen-bond donors (Lipinski definition) is 0. The minimum absolute atomic E-state index is 0.296. The van der Waals surface area contributed by atoms with Crippen LogP contribution in [0.1, 0.15) is 23.0 Å². The predicted octanol–water partition coefficient (Wildman–Crippen LogP) is 1.27. The molecule has 0 saturated carbocycles. The SMILES string of the molecule is CC(=O)n1oc(=O)c2c(C)cc(C)nc21. The molecule has 78 valence electrons. The Morgan fingerprint density at radius 2 is 2.13 bits per heavy atom. The minimum Gasteiger partial charge on any atom is -0.326 e. The Bertz CT molecular complexity index is 607. The quantitative estimate of drug-likeness (QED) is 0.651. The summed E-state index contributed by atoms with van der Waals surface area (Å²) in [4.78, 5) is 26.8. The normalized spacial score (nSPS) is 10.9. The Morgan fingerprint density at radius 3 is 2.73 bits per heavy atom. The lowest BCUT2D eigenvalue weighted by atomic mass is 10.2. The van der Waals surface area contributed by atoms with Gasteiger partial charge in [0.15, 0.2) is 5.65 Å². The molecule has 0 atom stereocenters. The van der Waals surface area contributed by atoms with Crippen LogP contribution < -0.4 is 5.63 Å². The first kappa shape index (κ1) is 9.64. The first-order chi connectivity index (χ1) is 7.00. The van der Waals surface area contributed by atoms with E-state index in [4.69, 9.17) is 4.52 Å². The van der Waals surface area contributed by atoms with Crippen molar-refractivity contribution in [3.63, 3.8) is 0 Å². The van der Waals surface area contributed by atoms with Gasteiger partial charge in [0.1, 0.15) is 5.39 Å². The number of hydrogen-bond acceptors (Lipinski definition) is 4. The predicted molar refractivity (Wildman–Crippen MR) is 54.0 cm³/mol. The van der Waals surface area contributed by atoms with Gasteiger partial charge in [-0.25, -0.2) is 9.78 Å². The van der Waals surface area contributed by atoms with Crippen molar-refractivity contribution in [2.45, 2.75) is 20.8 Å².